The Morgan fingerprint density at radius 2 is 2.50 bits per heavy atom. The predicted molar refractivity (Wildman–Crippen MR) is 68.8 cm³/mol. The second-order valence-electron chi connectivity index (χ2n) is 3.44. The lowest BCUT2D eigenvalue weighted by Gasteiger charge is -2.07. The molecule has 2 aromatic heterocycles. The molecule has 2 aromatic rings. The van der Waals surface area contributed by atoms with Crippen molar-refractivity contribution >= 4 is 23.6 Å². The SMILES string of the molecule is CCCc1n[nH]c(=S)n1NCc1cccs1. The fourth-order valence-electron chi connectivity index (χ4n) is 1.45. The van der Waals surface area contributed by atoms with Crippen LogP contribution >= 0.6 is 23.6 Å². The molecule has 2 rings (SSSR count). The summed E-state index contributed by atoms with van der Waals surface area (Å²) in [5.41, 5.74) is 3.28. The van der Waals surface area contributed by atoms with Crippen LogP contribution in [0.25, 0.3) is 0 Å². The van der Waals surface area contributed by atoms with E-state index in [2.05, 4.69) is 34.0 Å². The van der Waals surface area contributed by atoms with Crippen molar-refractivity contribution in [2.75, 3.05) is 5.43 Å². The number of aryl methyl sites for hydroxylation is 1. The number of hydrogen-bond acceptors (Lipinski definition) is 4. The van der Waals surface area contributed by atoms with Crippen molar-refractivity contribution in [3.8, 4) is 0 Å². The Hall–Kier alpha value is -1.14. The molecule has 0 amide bonds. The highest BCUT2D eigenvalue weighted by Gasteiger charge is 2.04. The Morgan fingerprint density at radius 3 is 3.19 bits per heavy atom. The average Bonchev–Trinajstić information content (AvgIpc) is 2.88. The number of H-pyrrole nitrogens is 1. The van der Waals surface area contributed by atoms with E-state index in [9.17, 15) is 0 Å². The van der Waals surface area contributed by atoms with Gasteiger partial charge in [-0.15, -0.1) is 11.3 Å². The Bertz CT molecular complexity index is 483. The normalized spacial score (nSPS) is 10.6. The second-order valence-corrected chi connectivity index (χ2v) is 4.86. The molecule has 16 heavy (non-hydrogen) atoms. The number of aromatic nitrogens is 3. The lowest BCUT2D eigenvalue weighted by Crippen LogP contribution is -2.17. The Kier molecular flexibility index (Phi) is 3.74. The van der Waals surface area contributed by atoms with Gasteiger partial charge in [-0.3, -0.25) is 5.10 Å². The molecule has 0 bridgehead atoms. The number of nitrogens with zero attached hydrogens (tertiary/aromatic N) is 2. The van der Waals surface area contributed by atoms with Gasteiger partial charge in [0.05, 0.1) is 6.54 Å². The Morgan fingerprint density at radius 1 is 1.62 bits per heavy atom. The van der Waals surface area contributed by atoms with Gasteiger partial charge in [0.2, 0.25) is 4.77 Å². The first kappa shape index (κ1) is 11.3. The number of nitrogens with one attached hydrogen (secondary N) is 2. The molecule has 0 saturated carbocycles. The molecular formula is C10H14N4S2. The summed E-state index contributed by atoms with van der Waals surface area (Å²) in [7, 11) is 0. The zero-order valence-electron chi connectivity index (χ0n) is 9.06. The molecule has 0 aliphatic heterocycles. The minimum absolute atomic E-state index is 0.625. The van der Waals surface area contributed by atoms with E-state index in [0.29, 0.717) is 4.77 Å². The molecular weight excluding hydrogens is 240 g/mol. The molecule has 0 unspecified atom stereocenters. The maximum Gasteiger partial charge on any atom is 0.214 e. The minimum atomic E-state index is 0.625. The van der Waals surface area contributed by atoms with Gasteiger partial charge in [0, 0.05) is 11.3 Å². The first-order valence-corrected chi connectivity index (χ1v) is 6.52. The van der Waals surface area contributed by atoms with Crippen LogP contribution in [0.15, 0.2) is 17.5 Å². The van der Waals surface area contributed by atoms with Gasteiger partial charge in [0.25, 0.3) is 0 Å². The van der Waals surface area contributed by atoms with E-state index < -0.39 is 0 Å². The van der Waals surface area contributed by atoms with Crippen LogP contribution < -0.4 is 5.43 Å². The fourth-order valence-corrected chi connectivity index (χ4v) is 2.31. The maximum atomic E-state index is 5.17. The molecule has 0 fully saturated rings. The van der Waals surface area contributed by atoms with Crippen LogP contribution in [0.1, 0.15) is 24.0 Å². The van der Waals surface area contributed by atoms with Crippen LogP contribution in [0, 0.1) is 4.77 Å². The topological polar surface area (TPSA) is 45.6 Å². The highest BCUT2D eigenvalue weighted by atomic mass is 32.1. The smallest absolute Gasteiger partial charge is 0.214 e. The number of rotatable bonds is 5. The van der Waals surface area contributed by atoms with Crippen molar-refractivity contribution < 1.29 is 0 Å². The molecule has 2 N–H and O–H groups in total. The van der Waals surface area contributed by atoms with Gasteiger partial charge < -0.3 is 5.43 Å². The molecule has 6 heteroatoms. The van der Waals surface area contributed by atoms with E-state index in [1.54, 1.807) is 11.3 Å². The number of aromatic amines is 1. The average molecular weight is 254 g/mol. The van der Waals surface area contributed by atoms with Crippen LogP contribution in [0.3, 0.4) is 0 Å². The van der Waals surface area contributed by atoms with Crippen LogP contribution in [0.4, 0.5) is 0 Å². The zero-order chi connectivity index (χ0) is 11.4. The summed E-state index contributed by atoms with van der Waals surface area (Å²) in [5, 5.41) is 9.07. The minimum Gasteiger partial charge on any atom is -0.317 e. The van der Waals surface area contributed by atoms with Gasteiger partial charge in [-0.1, -0.05) is 13.0 Å². The molecule has 0 aliphatic carbocycles. The van der Waals surface area contributed by atoms with Gasteiger partial charge in [-0.25, -0.2) is 4.68 Å². The molecule has 0 spiro atoms. The molecule has 0 saturated heterocycles. The molecule has 4 nitrogen and oxygen atoms in total. The van der Waals surface area contributed by atoms with Crippen LogP contribution in [0.5, 0.6) is 0 Å². The fraction of sp³-hybridized carbons (Fsp3) is 0.400. The van der Waals surface area contributed by atoms with E-state index in [4.69, 9.17) is 12.2 Å². The first-order chi connectivity index (χ1) is 7.81. The lowest BCUT2D eigenvalue weighted by molar-refractivity contribution is 0.734. The van der Waals surface area contributed by atoms with E-state index >= 15 is 0 Å². The van der Waals surface area contributed by atoms with Gasteiger partial charge in [0.15, 0.2) is 5.82 Å². The summed E-state index contributed by atoms with van der Waals surface area (Å²) in [6.45, 7) is 2.91. The van der Waals surface area contributed by atoms with Gasteiger partial charge in [-0.2, -0.15) is 5.10 Å². The number of thiophene rings is 1. The van der Waals surface area contributed by atoms with Crippen molar-refractivity contribution in [3.63, 3.8) is 0 Å². The van der Waals surface area contributed by atoms with Gasteiger partial charge >= 0.3 is 0 Å². The zero-order valence-corrected chi connectivity index (χ0v) is 10.7. The number of hydrogen-bond donors (Lipinski definition) is 2. The van der Waals surface area contributed by atoms with E-state index in [0.717, 1.165) is 25.2 Å². The van der Waals surface area contributed by atoms with Crippen LogP contribution in [0.2, 0.25) is 0 Å². The van der Waals surface area contributed by atoms with Crippen LogP contribution in [-0.2, 0) is 13.0 Å². The third-order valence-electron chi connectivity index (χ3n) is 2.21. The van der Waals surface area contributed by atoms with Crippen molar-refractivity contribution in [1.82, 2.24) is 14.9 Å². The largest absolute Gasteiger partial charge is 0.317 e. The summed E-state index contributed by atoms with van der Waals surface area (Å²) < 4.78 is 2.48. The molecule has 0 aliphatic rings. The quantitative estimate of drug-likeness (QED) is 0.806. The summed E-state index contributed by atoms with van der Waals surface area (Å²) in [6.07, 6.45) is 1.98. The molecule has 0 atom stereocenters. The van der Waals surface area contributed by atoms with E-state index in [1.807, 2.05) is 10.7 Å². The molecule has 0 aromatic carbocycles. The van der Waals surface area contributed by atoms with Crippen LogP contribution in [-0.4, -0.2) is 14.9 Å². The van der Waals surface area contributed by atoms with Gasteiger partial charge in [-0.05, 0) is 30.1 Å². The second kappa shape index (κ2) is 5.27. The van der Waals surface area contributed by atoms with Crippen molar-refractivity contribution in [2.45, 2.75) is 26.3 Å². The van der Waals surface area contributed by atoms with Gasteiger partial charge in [0.1, 0.15) is 0 Å². The molecule has 0 radical (unpaired) electrons. The third kappa shape index (κ3) is 2.51. The van der Waals surface area contributed by atoms with Crippen molar-refractivity contribution in [2.24, 2.45) is 0 Å². The van der Waals surface area contributed by atoms with Crippen molar-refractivity contribution in [1.29, 1.82) is 0 Å². The summed E-state index contributed by atoms with van der Waals surface area (Å²) in [6, 6.07) is 4.14. The monoisotopic (exact) mass is 254 g/mol. The first-order valence-electron chi connectivity index (χ1n) is 5.24. The Labute approximate surface area is 103 Å². The highest BCUT2D eigenvalue weighted by molar-refractivity contribution is 7.71. The standard InChI is InChI=1S/C10H14N4S2/c1-2-4-9-12-13-10(15)14(9)11-7-8-5-3-6-16-8/h3,5-6,11H,2,4,7H2,1H3,(H,13,15). The highest BCUT2D eigenvalue weighted by Crippen LogP contribution is 2.08. The van der Waals surface area contributed by atoms with E-state index in [1.165, 1.54) is 4.88 Å². The summed E-state index contributed by atoms with van der Waals surface area (Å²) in [4.78, 5) is 1.28. The van der Waals surface area contributed by atoms with E-state index in [-0.39, 0.29) is 0 Å². The molecule has 2 heterocycles. The third-order valence-corrected chi connectivity index (χ3v) is 3.36. The molecule has 86 valence electrons. The summed E-state index contributed by atoms with van der Waals surface area (Å²) in [5.74, 6) is 0.962. The maximum absolute atomic E-state index is 5.17. The predicted octanol–water partition coefficient (Wildman–Crippen LogP) is 2.70. The summed E-state index contributed by atoms with van der Waals surface area (Å²) >= 11 is 6.90. The van der Waals surface area contributed by atoms with Crippen molar-refractivity contribution in [3.05, 3.63) is 33.0 Å². The lowest BCUT2D eigenvalue weighted by atomic mass is 10.3. The Balaban J connectivity index is 2.08.